The summed E-state index contributed by atoms with van der Waals surface area (Å²) in [5.41, 5.74) is 2.67. The quantitative estimate of drug-likeness (QED) is 0.774. The molecule has 2 amide bonds. The first-order chi connectivity index (χ1) is 14.6. The van der Waals surface area contributed by atoms with E-state index in [9.17, 15) is 9.59 Å². The zero-order valence-electron chi connectivity index (χ0n) is 17.0. The number of rotatable bonds is 6. The lowest BCUT2D eigenvalue weighted by atomic mass is 10.00. The summed E-state index contributed by atoms with van der Waals surface area (Å²) in [4.78, 5) is 36.5. The fourth-order valence-corrected chi connectivity index (χ4v) is 4.27. The van der Waals surface area contributed by atoms with Crippen molar-refractivity contribution in [1.82, 2.24) is 10.2 Å². The van der Waals surface area contributed by atoms with Crippen molar-refractivity contribution in [3.63, 3.8) is 0 Å². The molecule has 2 atom stereocenters. The Labute approximate surface area is 180 Å². The third-order valence-electron chi connectivity index (χ3n) is 5.35. The van der Waals surface area contributed by atoms with Gasteiger partial charge in [-0.3, -0.25) is 14.6 Å². The number of carbonyl (C=O) groups is 2. The molecule has 2 aliphatic rings. The van der Waals surface area contributed by atoms with Crippen LogP contribution in [0, 0.1) is 5.92 Å². The highest BCUT2D eigenvalue weighted by Gasteiger charge is 2.43. The molecule has 0 fully saturated rings. The Kier molecular flexibility index (Phi) is 5.99. The molecule has 0 unspecified atom stereocenters. The number of amides is 2. The van der Waals surface area contributed by atoms with Gasteiger partial charge >= 0.3 is 0 Å². The minimum atomic E-state index is -0.408. The normalized spacial score (nSPS) is 18.3. The lowest BCUT2D eigenvalue weighted by molar-refractivity contribution is -0.125. The number of nitrogens with one attached hydrogen (secondary N) is 1. The van der Waals surface area contributed by atoms with Gasteiger partial charge in [0.25, 0.3) is 5.91 Å². The van der Waals surface area contributed by atoms with Crippen molar-refractivity contribution in [3.8, 4) is 0 Å². The molecule has 1 N–H and O–H groups in total. The van der Waals surface area contributed by atoms with Crippen LogP contribution < -0.4 is 5.32 Å². The molecular formula is C23H24N4O2S. The first-order valence-corrected chi connectivity index (χ1v) is 11.1. The third-order valence-corrected chi connectivity index (χ3v) is 6.29. The number of nitrogens with zero attached hydrogens (tertiary/aromatic N) is 3. The molecule has 154 valence electrons. The van der Waals surface area contributed by atoms with Crippen molar-refractivity contribution >= 4 is 40.3 Å². The molecule has 0 bridgehead atoms. The Morgan fingerprint density at radius 2 is 1.90 bits per heavy atom. The van der Waals surface area contributed by atoms with Crippen LogP contribution in [0.2, 0.25) is 0 Å². The molecule has 0 aromatic heterocycles. The molecule has 6 nitrogen and oxygen atoms in total. The van der Waals surface area contributed by atoms with E-state index in [4.69, 9.17) is 4.99 Å². The van der Waals surface area contributed by atoms with Crippen molar-refractivity contribution in [2.45, 2.75) is 32.9 Å². The molecule has 4 rings (SSSR count). The van der Waals surface area contributed by atoms with Gasteiger partial charge in [0.05, 0.1) is 11.4 Å². The molecule has 0 spiro atoms. The number of thioether (sulfide) groups is 1. The summed E-state index contributed by atoms with van der Waals surface area (Å²) in [6, 6.07) is 17.0. The molecule has 2 aromatic rings. The van der Waals surface area contributed by atoms with Gasteiger partial charge in [-0.05, 0) is 23.6 Å². The SMILES string of the molecule is CC[C@@H](C)[C@@H]1N=C2c3ccccc3N=C(SCC(=O)NCc3ccccc3)N2C1=O. The van der Waals surface area contributed by atoms with E-state index < -0.39 is 6.04 Å². The van der Waals surface area contributed by atoms with E-state index in [0.717, 1.165) is 23.2 Å². The van der Waals surface area contributed by atoms with E-state index in [1.54, 1.807) is 4.90 Å². The standard InChI is InChI=1S/C23H24N4O2S/c1-3-15(2)20-22(29)27-21(26-20)17-11-7-8-12-18(17)25-23(27)30-14-19(28)24-13-16-9-5-4-6-10-16/h4-12,15,20H,3,13-14H2,1-2H3,(H,24,28)/t15-,20+/m1/s1. The van der Waals surface area contributed by atoms with Crippen LogP contribution in [0.4, 0.5) is 5.69 Å². The summed E-state index contributed by atoms with van der Waals surface area (Å²) in [5.74, 6) is 0.795. The Morgan fingerprint density at radius 1 is 1.17 bits per heavy atom. The van der Waals surface area contributed by atoms with Crippen molar-refractivity contribution < 1.29 is 9.59 Å². The van der Waals surface area contributed by atoms with E-state index in [1.807, 2.05) is 61.5 Å². The minimum Gasteiger partial charge on any atom is -0.351 e. The Hall–Kier alpha value is -2.93. The first kappa shape index (κ1) is 20.3. The minimum absolute atomic E-state index is 0.0650. The van der Waals surface area contributed by atoms with Gasteiger partial charge in [-0.1, -0.05) is 74.5 Å². The van der Waals surface area contributed by atoms with Crippen LogP contribution in [0.3, 0.4) is 0 Å². The average molecular weight is 421 g/mol. The molecule has 2 heterocycles. The maximum absolute atomic E-state index is 13.1. The van der Waals surface area contributed by atoms with E-state index in [1.165, 1.54) is 11.8 Å². The summed E-state index contributed by atoms with van der Waals surface area (Å²) in [6.45, 7) is 4.57. The number of aliphatic imine (C=N–C) groups is 2. The highest BCUT2D eigenvalue weighted by atomic mass is 32.2. The second kappa shape index (κ2) is 8.83. The smallest absolute Gasteiger partial charge is 0.259 e. The van der Waals surface area contributed by atoms with Crippen LogP contribution in [-0.2, 0) is 16.1 Å². The summed E-state index contributed by atoms with van der Waals surface area (Å²) < 4.78 is 0. The van der Waals surface area contributed by atoms with Gasteiger partial charge in [0, 0.05) is 12.1 Å². The van der Waals surface area contributed by atoms with Gasteiger partial charge in [-0.25, -0.2) is 9.89 Å². The van der Waals surface area contributed by atoms with Gasteiger partial charge in [0.1, 0.15) is 11.9 Å². The summed E-state index contributed by atoms with van der Waals surface area (Å²) in [6.07, 6.45) is 0.865. The van der Waals surface area contributed by atoms with Gasteiger partial charge in [-0.15, -0.1) is 0 Å². The van der Waals surface area contributed by atoms with E-state index in [2.05, 4.69) is 17.2 Å². The second-order valence-electron chi connectivity index (χ2n) is 7.42. The predicted octanol–water partition coefficient (Wildman–Crippen LogP) is 3.74. The molecule has 2 aromatic carbocycles. The number of fused-ring (bicyclic) bond motifs is 3. The van der Waals surface area contributed by atoms with Crippen molar-refractivity contribution in [2.24, 2.45) is 15.9 Å². The maximum Gasteiger partial charge on any atom is 0.259 e. The highest BCUT2D eigenvalue weighted by Crippen LogP contribution is 2.35. The van der Waals surface area contributed by atoms with Crippen LogP contribution in [0.25, 0.3) is 0 Å². The fourth-order valence-electron chi connectivity index (χ4n) is 3.44. The lowest BCUT2D eigenvalue weighted by Crippen LogP contribution is -2.42. The van der Waals surface area contributed by atoms with E-state index in [-0.39, 0.29) is 23.5 Å². The molecule has 0 radical (unpaired) electrons. The predicted molar refractivity (Wildman–Crippen MR) is 121 cm³/mol. The number of para-hydroxylation sites is 1. The number of benzene rings is 2. The van der Waals surface area contributed by atoms with Crippen LogP contribution in [0.15, 0.2) is 64.6 Å². The number of amidine groups is 2. The molecule has 30 heavy (non-hydrogen) atoms. The third kappa shape index (κ3) is 4.03. The van der Waals surface area contributed by atoms with E-state index in [0.29, 0.717) is 17.5 Å². The molecule has 7 heteroatoms. The average Bonchev–Trinajstić information content (AvgIpc) is 3.14. The van der Waals surface area contributed by atoms with Gasteiger partial charge in [0.15, 0.2) is 5.17 Å². The van der Waals surface area contributed by atoms with Crippen LogP contribution in [0.1, 0.15) is 31.4 Å². The van der Waals surface area contributed by atoms with Crippen molar-refractivity contribution in [1.29, 1.82) is 0 Å². The van der Waals surface area contributed by atoms with Crippen LogP contribution in [0.5, 0.6) is 0 Å². The number of hydrogen-bond acceptors (Lipinski definition) is 5. The van der Waals surface area contributed by atoms with Crippen LogP contribution >= 0.6 is 11.8 Å². The van der Waals surface area contributed by atoms with Crippen LogP contribution in [-0.4, -0.2) is 39.5 Å². The monoisotopic (exact) mass is 420 g/mol. The molecule has 0 saturated heterocycles. The Balaban J connectivity index is 1.50. The molecular weight excluding hydrogens is 396 g/mol. The lowest BCUT2D eigenvalue weighted by Gasteiger charge is -2.25. The topological polar surface area (TPSA) is 74.1 Å². The van der Waals surface area contributed by atoms with E-state index >= 15 is 0 Å². The van der Waals surface area contributed by atoms with Crippen molar-refractivity contribution in [2.75, 3.05) is 5.75 Å². The molecule has 0 saturated carbocycles. The van der Waals surface area contributed by atoms with Gasteiger partial charge in [-0.2, -0.15) is 0 Å². The number of hydrogen-bond donors (Lipinski definition) is 1. The molecule has 2 aliphatic heterocycles. The number of carbonyl (C=O) groups excluding carboxylic acids is 2. The summed E-state index contributed by atoms with van der Waals surface area (Å²) >= 11 is 1.27. The van der Waals surface area contributed by atoms with Gasteiger partial charge in [0.2, 0.25) is 5.91 Å². The van der Waals surface area contributed by atoms with Gasteiger partial charge < -0.3 is 5.32 Å². The largest absolute Gasteiger partial charge is 0.351 e. The molecule has 0 aliphatic carbocycles. The first-order valence-electron chi connectivity index (χ1n) is 10.1. The Morgan fingerprint density at radius 3 is 2.67 bits per heavy atom. The zero-order chi connectivity index (χ0) is 21.1. The summed E-state index contributed by atoms with van der Waals surface area (Å²) in [7, 11) is 0. The highest BCUT2D eigenvalue weighted by molar-refractivity contribution is 8.14. The summed E-state index contributed by atoms with van der Waals surface area (Å²) in [5, 5.41) is 3.43. The zero-order valence-corrected chi connectivity index (χ0v) is 17.9. The maximum atomic E-state index is 13.1. The Bertz CT molecular complexity index is 1020. The van der Waals surface area contributed by atoms with Crippen molar-refractivity contribution in [3.05, 3.63) is 65.7 Å². The fraction of sp³-hybridized carbons (Fsp3) is 0.304. The second-order valence-corrected chi connectivity index (χ2v) is 8.36.